The number of nitrogen functional groups attached to an aromatic ring is 1. The zero-order valence-corrected chi connectivity index (χ0v) is 19.4. The van der Waals surface area contributed by atoms with Crippen molar-refractivity contribution in [3.63, 3.8) is 0 Å². The Morgan fingerprint density at radius 1 is 1.33 bits per heavy atom. The Morgan fingerprint density at radius 3 is 2.76 bits per heavy atom. The van der Waals surface area contributed by atoms with Gasteiger partial charge in [-0.25, -0.2) is 9.37 Å². The first kappa shape index (κ1) is 24.0. The number of rotatable bonds is 5. The van der Waals surface area contributed by atoms with Gasteiger partial charge in [0.2, 0.25) is 0 Å². The first-order valence-electron chi connectivity index (χ1n) is 10.9. The van der Waals surface area contributed by atoms with E-state index in [4.69, 9.17) is 21.3 Å². The smallest absolute Gasteiger partial charge is 0.166 e. The molecule has 0 amide bonds. The molecule has 7 nitrogen and oxygen atoms in total. The fourth-order valence-electron chi connectivity index (χ4n) is 3.72. The highest BCUT2D eigenvalue weighted by Crippen LogP contribution is 2.33. The van der Waals surface area contributed by atoms with Crippen molar-refractivity contribution < 1.29 is 9.13 Å². The molecule has 1 aromatic carbocycles. The highest BCUT2D eigenvalue weighted by atomic mass is 19.1. The summed E-state index contributed by atoms with van der Waals surface area (Å²) < 4.78 is 20.3. The second-order valence-corrected chi connectivity index (χ2v) is 8.43. The average Bonchev–Trinajstić information content (AvgIpc) is 2.78. The number of hydrogen-bond donors (Lipinski definition) is 5. The molecular formula is C25H31FN6O. The van der Waals surface area contributed by atoms with Crippen LogP contribution in [0.1, 0.15) is 50.0 Å². The van der Waals surface area contributed by atoms with Crippen molar-refractivity contribution in [3.05, 3.63) is 70.3 Å². The zero-order valence-electron chi connectivity index (χ0n) is 19.4. The molecule has 2 aromatic rings. The summed E-state index contributed by atoms with van der Waals surface area (Å²) >= 11 is 0. The van der Waals surface area contributed by atoms with E-state index in [0.29, 0.717) is 46.9 Å². The summed E-state index contributed by atoms with van der Waals surface area (Å²) in [5.41, 5.74) is 10.2. The molecule has 2 bridgehead atoms. The summed E-state index contributed by atoms with van der Waals surface area (Å²) in [7, 11) is 1.76. The van der Waals surface area contributed by atoms with Gasteiger partial charge in [-0.1, -0.05) is 13.8 Å². The van der Waals surface area contributed by atoms with Crippen LogP contribution in [0.15, 0.2) is 47.8 Å². The quantitative estimate of drug-likeness (QED) is 0.432. The number of fused-ring (bicyclic) bond motifs is 3. The molecule has 1 aromatic heterocycles. The summed E-state index contributed by atoms with van der Waals surface area (Å²) in [6.45, 7) is 6.68. The first-order chi connectivity index (χ1) is 15.7. The Bertz CT molecular complexity index is 1120. The number of benzene rings is 1. The Labute approximate surface area is 194 Å². The molecule has 0 spiro atoms. The van der Waals surface area contributed by atoms with E-state index < -0.39 is 11.9 Å². The number of allylic oxidation sites excluding steroid dienone is 2. The van der Waals surface area contributed by atoms with Crippen LogP contribution in [-0.2, 0) is 0 Å². The van der Waals surface area contributed by atoms with Crippen LogP contribution >= 0.6 is 0 Å². The van der Waals surface area contributed by atoms with E-state index in [-0.39, 0.29) is 11.5 Å². The topological polar surface area (TPSA) is 120 Å². The minimum Gasteiger partial charge on any atom is -0.482 e. The summed E-state index contributed by atoms with van der Waals surface area (Å²) in [5, 5.41) is 23.5. The van der Waals surface area contributed by atoms with Crippen LogP contribution in [0.4, 0.5) is 10.2 Å². The van der Waals surface area contributed by atoms with Gasteiger partial charge >= 0.3 is 0 Å². The molecule has 8 heteroatoms. The van der Waals surface area contributed by atoms with E-state index in [1.807, 2.05) is 0 Å². The summed E-state index contributed by atoms with van der Waals surface area (Å²) in [6, 6.07) is 6.10. The Morgan fingerprint density at radius 2 is 2.09 bits per heavy atom. The van der Waals surface area contributed by atoms with E-state index in [9.17, 15) is 4.39 Å². The van der Waals surface area contributed by atoms with Gasteiger partial charge in [-0.05, 0) is 48.3 Å². The number of aromatic nitrogens is 1. The number of ether oxygens (including phenoxy) is 1. The van der Waals surface area contributed by atoms with Crippen molar-refractivity contribution in [1.29, 1.82) is 10.8 Å². The third-order valence-electron chi connectivity index (χ3n) is 5.40. The third kappa shape index (κ3) is 5.39. The van der Waals surface area contributed by atoms with E-state index in [0.717, 1.165) is 11.3 Å². The summed E-state index contributed by atoms with van der Waals surface area (Å²) in [5.74, 6) is 0.534. The number of nitrogens with zero attached hydrogens (tertiary/aromatic N) is 1. The third-order valence-corrected chi connectivity index (χ3v) is 5.40. The SMILES string of the molecule is CN/C=C1/C/C(C=N)=C(/NCC(C)C)c2cnc(N)c(c2)OC(C)c2cc(F)ccc2C1=N. The normalized spacial score (nSPS) is 19.9. The van der Waals surface area contributed by atoms with Gasteiger partial charge in [-0.2, -0.15) is 0 Å². The molecule has 0 radical (unpaired) electrons. The van der Waals surface area contributed by atoms with Crippen molar-refractivity contribution in [2.24, 2.45) is 5.92 Å². The van der Waals surface area contributed by atoms with Crippen LogP contribution in [-0.4, -0.2) is 30.5 Å². The fourth-order valence-corrected chi connectivity index (χ4v) is 3.72. The van der Waals surface area contributed by atoms with Crippen molar-refractivity contribution >= 4 is 23.4 Å². The molecule has 1 unspecified atom stereocenters. The van der Waals surface area contributed by atoms with E-state index in [1.54, 1.807) is 38.5 Å². The summed E-state index contributed by atoms with van der Waals surface area (Å²) in [6.07, 6.45) is 4.41. The molecule has 6 N–H and O–H groups in total. The molecule has 1 aliphatic rings. The van der Waals surface area contributed by atoms with Crippen molar-refractivity contribution in [2.75, 3.05) is 19.3 Å². The predicted molar refractivity (Wildman–Crippen MR) is 131 cm³/mol. The van der Waals surface area contributed by atoms with Crippen LogP contribution in [0.3, 0.4) is 0 Å². The standard InChI is InChI=1S/C25H31FN6O/c1-14(2)11-31-24-16(10-27)7-17(12-30-4)23(28)20-6-5-19(26)9-21(20)15(3)33-22-8-18(24)13-32-25(22)29/h5-6,8-10,12-15,27-28,30-31H,7,11H2,1-4H3,(H2,29,32)/b17-12-,24-16-,27-10?,28-23?. The lowest BCUT2D eigenvalue weighted by molar-refractivity contribution is 0.227. The molecule has 0 saturated heterocycles. The number of nitrogens with two attached hydrogens (primary N) is 1. The van der Waals surface area contributed by atoms with E-state index in [2.05, 4.69) is 29.5 Å². The van der Waals surface area contributed by atoms with Gasteiger partial charge in [0.05, 0.1) is 5.71 Å². The maximum atomic E-state index is 14.2. The number of pyridine rings is 1. The molecule has 1 aliphatic heterocycles. The minimum absolute atomic E-state index is 0.214. The maximum Gasteiger partial charge on any atom is 0.166 e. The second kappa shape index (κ2) is 10.3. The summed E-state index contributed by atoms with van der Waals surface area (Å²) in [4.78, 5) is 4.31. The van der Waals surface area contributed by atoms with Crippen LogP contribution in [0, 0.1) is 22.6 Å². The highest BCUT2D eigenvalue weighted by molar-refractivity contribution is 6.12. The molecule has 1 atom stereocenters. The Hall–Kier alpha value is -3.68. The lowest BCUT2D eigenvalue weighted by Crippen LogP contribution is -2.22. The van der Waals surface area contributed by atoms with Crippen molar-refractivity contribution in [1.82, 2.24) is 15.6 Å². The van der Waals surface area contributed by atoms with Crippen molar-refractivity contribution in [2.45, 2.75) is 33.3 Å². The van der Waals surface area contributed by atoms with Gasteiger partial charge in [0.15, 0.2) is 11.6 Å². The number of halogens is 1. The van der Waals surface area contributed by atoms with E-state index in [1.165, 1.54) is 18.3 Å². The fraction of sp³-hybridized carbons (Fsp3) is 0.320. The zero-order chi connectivity index (χ0) is 24.1. The molecule has 2 heterocycles. The largest absolute Gasteiger partial charge is 0.482 e. The monoisotopic (exact) mass is 450 g/mol. The van der Waals surface area contributed by atoms with Gasteiger partial charge < -0.3 is 26.5 Å². The minimum atomic E-state index is -0.580. The van der Waals surface area contributed by atoms with Crippen LogP contribution < -0.4 is 21.1 Å². The van der Waals surface area contributed by atoms with Gasteiger partial charge in [-0.3, -0.25) is 5.41 Å². The molecule has 0 fully saturated rings. The number of hydrogen-bond acceptors (Lipinski definition) is 7. The van der Waals surface area contributed by atoms with Gasteiger partial charge in [0.25, 0.3) is 0 Å². The van der Waals surface area contributed by atoms with Crippen LogP contribution in [0.5, 0.6) is 5.75 Å². The van der Waals surface area contributed by atoms with Gasteiger partial charge in [0, 0.05) is 61.0 Å². The predicted octanol–water partition coefficient (Wildman–Crippen LogP) is 4.42. The maximum absolute atomic E-state index is 14.2. The van der Waals surface area contributed by atoms with E-state index >= 15 is 0 Å². The Kier molecular flexibility index (Phi) is 7.48. The molecule has 174 valence electrons. The molecule has 33 heavy (non-hydrogen) atoms. The van der Waals surface area contributed by atoms with Gasteiger partial charge in [-0.15, -0.1) is 0 Å². The molecule has 0 aliphatic carbocycles. The Balaban J connectivity index is 2.29. The van der Waals surface area contributed by atoms with Crippen LogP contribution in [0.2, 0.25) is 0 Å². The lowest BCUT2D eigenvalue weighted by Gasteiger charge is -2.24. The molecule has 3 rings (SSSR count). The second-order valence-electron chi connectivity index (χ2n) is 8.43. The lowest BCUT2D eigenvalue weighted by atomic mass is 9.90. The van der Waals surface area contributed by atoms with Crippen molar-refractivity contribution in [3.8, 4) is 5.75 Å². The first-order valence-corrected chi connectivity index (χ1v) is 10.9. The molecular weight excluding hydrogens is 419 g/mol. The average molecular weight is 451 g/mol. The highest BCUT2D eigenvalue weighted by Gasteiger charge is 2.23. The number of nitrogens with one attached hydrogen (secondary N) is 4. The number of anilines is 1. The van der Waals surface area contributed by atoms with Gasteiger partial charge in [0.1, 0.15) is 11.9 Å². The molecule has 0 saturated carbocycles. The van der Waals surface area contributed by atoms with Crippen LogP contribution in [0.25, 0.3) is 5.70 Å².